The van der Waals surface area contributed by atoms with Crippen LogP contribution < -0.4 is 19.5 Å². The zero-order valence-corrected chi connectivity index (χ0v) is 28.0. The molecular weight excluding hydrogens is 598 g/mol. The molecule has 0 radical (unpaired) electrons. The molecule has 2 saturated heterocycles. The summed E-state index contributed by atoms with van der Waals surface area (Å²) in [7, 11) is 0. The minimum absolute atomic E-state index is 0.230. The Balaban J connectivity index is 0.968. The number of benzene rings is 3. The first-order valence-electron chi connectivity index (χ1n) is 16.1. The third-order valence-electron chi connectivity index (χ3n) is 9.31. The first-order chi connectivity index (χ1) is 22.2. The second kappa shape index (κ2) is 13.9. The first kappa shape index (κ1) is 32.2. The second-order valence-corrected chi connectivity index (χ2v) is 13.7. The highest BCUT2D eigenvalue weighted by Gasteiger charge is 2.37. The van der Waals surface area contributed by atoms with E-state index in [2.05, 4.69) is 54.9 Å². The number of imide groups is 1. The van der Waals surface area contributed by atoms with E-state index in [0.29, 0.717) is 18.1 Å². The van der Waals surface area contributed by atoms with Gasteiger partial charge in [-0.25, -0.2) is 0 Å². The number of carbonyl (C=O) groups is 2. The van der Waals surface area contributed by atoms with Crippen molar-refractivity contribution in [1.82, 2.24) is 15.1 Å². The maximum absolute atomic E-state index is 11.8. The summed E-state index contributed by atoms with van der Waals surface area (Å²) in [4.78, 5) is 28.5. The third-order valence-corrected chi connectivity index (χ3v) is 10.1. The fourth-order valence-corrected chi connectivity index (χ4v) is 7.19. The number of nitrogens with zero attached hydrogens (tertiary/aromatic N) is 2. The van der Waals surface area contributed by atoms with Crippen LogP contribution in [0.4, 0.5) is 4.79 Å². The summed E-state index contributed by atoms with van der Waals surface area (Å²) in [5, 5.41) is 1.94. The lowest BCUT2D eigenvalue weighted by Gasteiger charge is -2.43. The molecule has 0 spiro atoms. The minimum atomic E-state index is -0.347. The van der Waals surface area contributed by atoms with Crippen LogP contribution in [0.3, 0.4) is 0 Å². The van der Waals surface area contributed by atoms with Gasteiger partial charge in [0.2, 0.25) is 0 Å². The van der Waals surface area contributed by atoms with E-state index in [0.717, 1.165) is 92.2 Å². The Labute approximate surface area is 276 Å². The molecule has 9 heteroatoms. The van der Waals surface area contributed by atoms with Gasteiger partial charge >= 0.3 is 0 Å². The van der Waals surface area contributed by atoms with E-state index < -0.39 is 0 Å². The summed E-state index contributed by atoms with van der Waals surface area (Å²) in [6.07, 6.45) is 3.69. The van der Waals surface area contributed by atoms with Gasteiger partial charge in [0.05, 0.1) is 4.91 Å². The number of nitrogens with one attached hydrogen (secondary N) is 1. The molecule has 3 aliphatic rings. The van der Waals surface area contributed by atoms with Gasteiger partial charge in [0.1, 0.15) is 36.1 Å². The van der Waals surface area contributed by atoms with Gasteiger partial charge in [-0.15, -0.1) is 0 Å². The SMILES string of the molecule is Cc1c(C)c2c(c(C)c1OCc1ccccc1)CCC(C)(CN1CCN(CCOc3ccc(C=C4SC(=O)NC4=O)cc3)CC1)O2. The summed E-state index contributed by atoms with van der Waals surface area (Å²) >= 11 is 0.922. The minimum Gasteiger partial charge on any atom is -0.492 e. The fourth-order valence-electron chi connectivity index (χ4n) is 6.51. The van der Waals surface area contributed by atoms with Crippen LogP contribution in [-0.4, -0.2) is 72.4 Å². The largest absolute Gasteiger partial charge is 0.492 e. The van der Waals surface area contributed by atoms with Crippen LogP contribution in [-0.2, 0) is 17.8 Å². The summed E-state index contributed by atoms with van der Waals surface area (Å²) in [6, 6.07) is 17.9. The molecule has 6 rings (SSSR count). The van der Waals surface area contributed by atoms with Crippen molar-refractivity contribution in [3.05, 3.63) is 92.9 Å². The number of piperazine rings is 1. The number of carbonyl (C=O) groups excluding carboxylic acids is 2. The Bertz CT molecular complexity index is 1620. The number of ether oxygens (including phenoxy) is 3. The third kappa shape index (κ3) is 7.43. The molecule has 0 aromatic heterocycles. The highest BCUT2D eigenvalue weighted by molar-refractivity contribution is 8.18. The van der Waals surface area contributed by atoms with Crippen LogP contribution in [0.5, 0.6) is 17.2 Å². The van der Waals surface area contributed by atoms with E-state index in [1.807, 2.05) is 42.5 Å². The molecule has 1 N–H and O–H groups in total. The number of amides is 2. The van der Waals surface area contributed by atoms with Crippen LogP contribution in [0.25, 0.3) is 6.08 Å². The van der Waals surface area contributed by atoms with Gasteiger partial charge in [0, 0.05) is 44.8 Å². The molecule has 1 atom stereocenters. The molecule has 46 heavy (non-hydrogen) atoms. The lowest BCUT2D eigenvalue weighted by molar-refractivity contribution is -0.115. The van der Waals surface area contributed by atoms with Crippen molar-refractivity contribution >= 4 is 29.0 Å². The van der Waals surface area contributed by atoms with E-state index in [-0.39, 0.29) is 16.7 Å². The molecule has 0 bridgehead atoms. The van der Waals surface area contributed by atoms with E-state index in [9.17, 15) is 9.59 Å². The Morgan fingerprint density at radius 1 is 0.913 bits per heavy atom. The lowest BCUT2D eigenvalue weighted by atomic mass is 9.86. The van der Waals surface area contributed by atoms with Crippen molar-refractivity contribution in [2.75, 3.05) is 45.9 Å². The van der Waals surface area contributed by atoms with Gasteiger partial charge in [0.25, 0.3) is 11.1 Å². The van der Waals surface area contributed by atoms with Crippen molar-refractivity contribution in [2.24, 2.45) is 0 Å². The number of hydrogen-bond donors (Lipinski definition) is 1. The number of hydrogen-bond acceptors (Lipinski definition) is 8. The summed E-state index contributed by atoms with van der Waals surface area (Å²) in [5.41, 5.74) is 6.63. The first-order valence-corrected chi connectivity index (χ1v) is 16.9. The molecule has 242 valence electrons. The summed E-state index contributed by atoms with van der Waals surface area (Å²) in [6.45, 7) is 15.7. The molecule has 3 aromatic carbocycles. The van der Waals surface area contributed by atoms with Crippen molar-refractivity contribution in [1.29, 1.82) is 0 Å². The molecule has 3 aliphatic heterocycles. The Hall–Kier alpha value is -3.79. The van der Waals surface area contributed by atoms with Crippen LogP contribution in [0.2, 0.25) is 0 Å². The zero-order valence-electron chi connectivity index (χ0n) is 27.2. The quantitative estimate of drug-likeness (QED) is 0.259. The molecule has 2 fully saturated rings. The topological polar surface area (TPSA) is 80.3 Å². The van der Waals surface area contributed by atoms with E-state index >= 15 is 0 Å². The average Bonchev–Trinajstić information content (AvgIpc) is 3.37. The summed E-state index contributed by atoms with van der Waals surface area (Å²) in [5.74, 6) is 2.49. The molecule has 1 unspecified atom stereocenters. The van der Waals surface area contributed by atoms with Crippen molar-refractivity contribution in [2.45, 2.75) is 52.7 Å². The maximum Gasteiger partial charge on any atom is 0.290 e. The molecule has 0 aliphatic carbocycles. The van der Waals surface area contributed by atoms with Gasteiger partial charge < -0.3 is 14.2 Å². The molecule has 8 nitrogen and oxygen atoms in total. The van der Waals surface area contributed by atoms with Crippen LogP contribution in [0.1, 0.15) is 46.7 Å². The number of thioether (sulfide) groups is 1. The summed E-state index contributed by atoms with van der Waals surface area (Å²) < 4.78 is 19.2. The van der Waals surface area contributed by atoms with Gasteiger partial charge in [-0.3, -0.25) is 24.7 Å². The predicted molar refractivity (Wildman–Crippen MR) is 183 cm³/mol. The number of fused-ring (bicyclic) bond motifs is 1. The standard InChI is InChI=1S/C37H43N3O5S/c1-25-26(2)34-31(27(3)33(25)44-23-29-8-6-5-7-9-29)14-15-37(4,45-34)24-40-18-16-39(17-19-40)20-21-43-30-12-10-28(11-13-30)22-32-35(41)38-36(42)46-32/h5-13,22H,14-21,23-24H2,1-4H3,(H,38,41,42). The second-order valence-electron chi connectivity index (χ2n) is 12.7. The van der Waals surface area contributed by atoms with Crippen LogP contribution >= 0.6 is 11.8 Å². The van der Waals surface area contributed by atoms with Gasteiger partial charge in [-0.1, -0.05) is 42.5 Å². The zero-order chi connectivity index (χ0) is 32.3. The lowest BCUT2D eigenvalue weighted by Crippen LogP contribution is -2.54. The maximum atomic E-state index is 11.8. The van der Waals surface area contributed by atoms with Gasteiger partial charge in [-0.05, 0) is 98.3 Å². The van der Waals surface area contributed by atoms with E-state index in [4.69, 9.17) is 14.2 Å². The molecule has 3 aromatic rings. The molecular formula is C37H43N3O5S. The molecule has 3 heterocycles. The van der Waals surface area contributed by atoms with Crippen LogP contribution in [0, 0.1) is 20.8 Å². The monoisotopic (exact) mass is 641 g/mol. The Morgan fingerprint density at radius 2 is 1.63 bits per heavy atom. The molecule has 2 amide bonds. The average molecular weight is 642 g/mol. The van der Waals surface area contributed by atoms with Crippen molar-refractivity contribution in [3.8, 4) is 17.2 Å². The van der Waals surface area contributed by atoms with Gasteiger partial charge in [-0.2, -0.15) is 0 Å². The van der Waals surface area contributed by atoms with E-state index in [1.165, 1.54) is 22.3 Å². The van der Waals surface area contributed by atoms with Crippen molar-refractivity contribution < 1.29 is 23.8 Å². The van der Waals surface area contributed by atoms with Crippen molar-refractivity contribution in [3.63, 3.8) is 0 Å². The van der Waals surface area contributed by atoms with E-state index in [1.54, 1.807) is 6.08 Å². The smallest absolute Gasteiger partial charge is 0.290 e. The van der Waals surface area contributed by atoms with Crippen LogP contribution in [0.15, 0.2) is 59.5 Å². The highest BCUT2D eigenvalue weighted by Crippen LogP contribution is 2.44. The predicted octanol–water partition coefficient (Wildman–Crippen LogP) is 6.30. The number of rotatable bonds is 10. The fraction of sp³-hybridized carbons (Fsp3) is 0.405. The Morgan fingerprint density at radius 3 is 2.33 bits per heavy atom. The normalized spacial score (nSPS) is 21.2. The molecule has 0 saturated carbocycles. The van der Waals surface area contributed by atoms with Gasteiger partial charge in [0.15, 0.2) is 0 Å². The highest BCUT2D eigenvalue weighted by atomic mass is 32.2. The Kier molecular flexibility index (Phi) is 9.73.